The second kappa shape index (κ2) is 9.59. The van der Waals surface area contributed by atoms with Gasteiger partial charge in [-0.05, 0) is 12.1 Å². The highest BCUT2D eigenvalue weighted by Gasteiger charge is 2.14. The van der Waals surface area contributed by atoms with E-state index in [2.05, 4.69) is 15.2 Å². The number of pyridine rings is 1. The average molecular weight is 303 g/mol. The Labute approximate surface area is 120 Å². The molecule has 0 bridgehead atoms. The van der Waals surface area contributed by atoms with E-state index in [1.807, 2.05) is 12.1 Å². The molecule has 17 heavy (non-hydrogen) atoms. The lowest BCUT2D eigenvalue weighted by atomic mass is 10.3. The van der Waals surface area contributed by atoms with Crippen LogP contribution in [0, 0.1) is 0 Å². The van der Waals surface area contributed by atoms with Crippen molar-refractivity contribution in [1.82, 2.24) is 10.3 Å². The number of halogens is 3. The van der Waals surface area contributed by atoms with E-state index in [1.165, 1.54) is 0 Å². The van der Waals surface area contributed by atoms with Gasteiger partial charge in [0.15, 0.2) is 11.6 Å². The number of methoxy groups -OCH3 is 1. The fourth-order valence-corrected chi connectivity index (χ4v) is 1.66. The lowest BCUT2D eigenvalue weighted by Gasteiger charge is -2.29. The Morgan fingerprint density at radius 3 is 2.47 bits per heavy atom. The molecule has 1 aliphatic heterocycles. The van der Waals surface area contributed by atoms with Crippen LogP contribution in [0.4, 0.5) is 5.82 Å². The zero-order chi connectivity index (χ0) is 9.80. The highest BCUT2D eigenvalue weighted by Crippen LogP contribution is 2.24. The number of anilines is 1. The summed E-state index contributed by atoms with van der Waals surface area (Å²) < 4.78 is 5.27. The first-order valence-electron chi connectivity index (χ1n) is 4.86. The molecule has 0 spiro atoms. The maximum absolute atomic E-state index is 5.27. The van der Waals surface area contributed by atoms with Gasteiger partial charge in [0.2, 0.25) is 0 Å². The van der Waals surface area contributed by atoms with Crippen LogP contribution in [0.2, 0.25) is 0 Å². The van der Waals surface area contributed by atoms with Crippen LogP contribution in [-0.2, 0) is 0 Å². The molecule has 0 amide bonds. The summed E-state index contributed by atoms with van der Waals surface area (Å²) in [7, 11) is 1.68. The van der Waals surface area contributed by atoms with Crippen LogP contribution >= 0.6 is 37.2 Å². The van der Waals surface area contributed by atoms with Gasteiger partial charge in [0.05, 0.1) is 7.11 Å². The van der Waals surface area contributed by atoms with E-state index in [1.54, 1.807) is 13.3 Å². The summed E-state index contributed by atoms with van der Waals surface area (Å²) in [4.78, 5) is 6.59. The minimum absolute atomic E-state index is 0. The maximum atomic E-state index is 5.27. The van der Waals surface area contributed by atoms with Gasteiger partial charge in [0.25, 0.3) is 0 Å². The number of aromatic nitrogens is 1. The Bertz CT molecular complexity index is 309. The molecule has 2 rings (SSSR count). The molecule has 0 unspecified atom stereocenters. The summed E-state index contributed by atoms with van der Waals surface area (Å²) in [6.45, 7) is 4.01. The molecule has 0 aliphatic carbocycles. The van der Waals surface area contributed by atoms with Crippen LogP contribution in [0.15, 0.2) is 18.3 Å². The van der Waals surface area contributed by atoms with Crippen LogP contribution < -0.4 is 15.0 Å². The predicted octanol–water partition coefficient (Wildman–Crippen LogP) is 1.77. The van der Waals surface area contributed by atoms with Gasteiger partial charge in [-0.15, -0.1) is 37.2 Å². The van der Waals surface area contributed by atoms with Crippen molar-refractivity contribution >= 4 is 43.0 Å². The molecular weight excluding hydrogens is 284 g/mol. The van der Waals surface area contributed by atoms with Crippen LogP contribution in [0.1, 0.15) is 0 Å². The number of nitrogens with zero attached hydrogens (tertiary/aromatic N) is 2. The number of rotatable bonds is 2. The summed E-state index contributed by atoms with van der Waals surface area (Å²) >= 11 is 0. The quantitative estimate of drug-likeness (QED) is 0.903. The summed E-state index contributed by atoms with van der Waals surface area (Å²) in [6, 6.07) is 3.84. The third-order valence-corrected chi connectivity index (χ3v) is 2.39. The van der Waals surface area contributed by atoms with Crippen molar-refractivity contribution in [3.8, 4) is 5.75 Å². The molecule has 1 aliphatic rings. The van der Waals surface area contributed by atoms with Gasteiger partial charge in [0, 0.05) is 32.4 Å². The van der Waals surface area contributed by atoms with Crippen LogP contribution in [0.5, 0.6) is 5.75 Å². The standard InChI is InChI=1S/C10H15N3O.3ClH/c1-14-9-3-2-4-12-10(9)13-7-5-11-6-8-13;;;/h2-4,11H,5-8H2,1H3;3*1H. The average Bonchev–Trinajstić information content (AvgIpc) is 2.30. The number of hydrogen-bond donors (Lipinski definition) is 1. The summed E-state index contributed by atoms with van der Waals surface area (Å²) in [5.41, 5.74) is 0. The minimum atomic E-state index is 0. The second-order valence-corrected chi connectivity index (χ2v) is 3.27. The zero-order valence-corrected chi connectivity index (χ0v) is 12.0. The monoisotopic (exact) mass is 301 g/mol. The molecule has 7 heteroatoms. The van der Waals surface area contributed by atoms with Gasteiger partial charge >= 0.3 is 0 Å². The number of ether oxygens (including phenoxy) is 1. The maximum Gasteiger partial charge on any atom is 0.171 e. The van der Waals surface area contributed by atoms with Crippen molar-refractivity contribution in [2.75, 3.05) is 38.2 Å². The molecule has 0 radical (unpaired) electrons. The summed E-state index contributed by atoms with van der Waals surface area (Å²) in [6.07, 6.45) is 1.81. The van der Waals surface area contributed by atoms with E-state index in [-0.39, 0.29) is 37.2 Å². The van der Waals surface area contributed by atoms with E-state index in [0.29, 0.717) is 0 Å². The first-order valence-corrected chi connectivity index (χ1v) is 4.86. The molecule has 2 heterocycles. The third-order valence-electron chi connectivity index (χ3n) is 2.39. The molecule has 1 fully saturated rings. The van der Waals surface area contributed by atoms with E-state index in [0.717, 1.165) is 37.7 Å². The molecule has 1 aromatic rings. The second-order valence-electron chi connectivity index (χ2n) is 3.27. The lowest BCUT2D eigenvalue weighted by molar-refractivity contribution is 0.411. The lowest BCUT2D eigenvalue weighted by Crippen LogP contribution is -2.44. The fourth-order valence-electron chi connectivity index (χ4n) is 1.66. The molecular formula is C10H18Cl3N3O. The van der Waals surface area contributed by atoms with Crippen molar-refractivity contribution in [2.45, 2.75) is 0 Å². The first kappa shape index (κ1) is 18.9. The van der Waals surface area contributed by atoms with Crippen molar-refractivity contribution in [2.24, 2.45) is 0 Å². The highest BCUT2D eigenvalue weighted by atomic mass is 35.5. The Hall–Kier alpha value is -0.420. The Morgan fingerprint density at radius 1 is 1.24 bits per heavy atom. The molecule has 0 aromatic carbocycles. The SMILES string of the molecule is COc1cccnc1N1CCNCC1.Cl.Cl.Cl. The molecule has 1 aromatic heterocycles. The Balaban J connectivity index is 0. The van der Waals surface area contributed by atoms with Crippen LogP contribution in [-0.4, -0.2) is 38.3 Å². The number of nitrogens with one attached hydrogen (secondary N) is 1. The van der Waals surface area contributed by atoms with E-state index >= 15 is 0 Å². The number of hydrogen-bond acceptors (Lipinski definition) is 4. The zero-order valence-electron chi connectivity index (χ0n) is 9.59. The van der Waals surface area contributed by atoms with E-state index in [4.69, 9.17) is 4.74 Å². The van der Waals surface area contributed by atoms with Gasteiger partial charge in [0.1, 0.15) is 0 Å². The summed E-state index contributed by atoms with van der Waals surface area (Å²) in [5, 5.41) is 3.31. The molecule has 0 saturated carbocycles. The fraction of sp³-hybridized carbons (Fsp3) is 0.500. The normalized spacial score (nSPS) is 13.8. The van der Waals surface area contributed by atoms with Gasteiger partial charge in [-0.3, -0.25) is 0 Å². The first-order chi connectivity index (χ1) is 6.92. The van der Waals surface area contributed by atoms with Gasteiger partial charge in [-0.2, -0.15) is 0 Å². The van der Waals surface area contributed by atoms with Gasteiger partial charge < -0.3 is 15.0 Å². The highest BCUT2D eigenvalue weighted by molar-refractivity contribution is 5.86. The van der Waals surface area contributed by atoms with E-state index in [9.17, 15) is 0 Å². The Morgan fingerprint density at radius 2 is 1.88 bits per heavy atom. The molecule has 1 N–H and O–H groups in total. The van der Waals surface area contributed by atoms with Crippen LogP contribution in [0.25, 0.3) is 0 Å². The molecule has 0 atom stereocenters. The van der Waals surface area contributed by atoms with Crippen molar-refractivity contribution < 1.29 is 4.74 Å². The van der Waals surface area contributed by atoms with Gasteiger partial charge in [-0.25, -0.2) is 4.98 Å². The minimum Gasteiger partial charge on any atom is -0.493 e. The molecule has 1 saturated heterocycles. The predicted molar refractivity (Wildman–Crippen MR) is 77.6 cm³/mol. The smallest absolute Gasteiger partial charge is 0.171 e. The van der Waals surface area contributed by atoms with Crippen molar-refractivity contribution in [3.05, 3.63) is 18.3 Å². The third kappa shape index (κ3) is 4.76. The largest absolute Gasteiger partial charge is 0.493 e. The summed E-state index contributed by atoms with van der Waals surface area (Å²) in [5.74, 6) is 1.81. The van der Waals surface area contributed by atoms with Crippen LogP contribution in [0.3, 0.4) is 0 Å². The number of piperazine rings is 1. The topological polar surface area (TPSA) is 37.4 Å². The molecule has 100 valence electrons. The van der Waals surface area contributed by atoms with Crippen molar-refractivity contribution in [3.63, 3.8) is 0 Å². The van der Waals surface area contributed by atoms with Crippen molar-refractivity contribution in [1.29, 1.82) is 0 Å². The van der Waals surface area contributed by atoms with E-state index < -0.39 is 0 Å². The van der Waals surface area contributed by atoms with Gasteiger partial charge in [-0.1, -0.05) is 0 Å². The molecule has 4 nitrogen and oxygen atoms in total. The Kier molecular flexibility index (Phi) is 10.7.